The highest BCUT2D eigenvalue weighted by molar-refractivity contribution is 7.58. The molecule has 0 aliphatic rings. The normalized spacial score (nSPS) is 11.6. The molecule has 1 aromatic carbocycles. The number of aryl methyl sites for hydroxylation is 2. The maximum Gasteiger partial charge on any atom is 0.277 e. The number of hydrogen-bond acceptors (Lipinski definition) is 3. The smallest absolute Gasteiger partial charge is 0.277 e. The van der Waals surface area contributed by atoms with Crippen molar-refractivity contribution >= 4 is 34.6 Å². The number of benzene rings is 1. The third kappa shape index (κ3) is 1.91. The van der Waals surface area contributed by atoms with Crippen molar-refractivity contribution in [3.63, 3.8) is 0 Å². The topological polar surface area (TPSA) is 39.8 Å². The van der Waals surface area contributed by atoms with Crippen molar-refractivity contribution in [1.29, 1.82) is 0 Å². The summed E-state index contributed by atoms with van der Waals surface area (Å²) in [4.78, 5) is 16.8. The molecule has 0 fully saturated rings. The molecule has 0 bridgehead atoms. The first-order valence-corrected chi connectivity index (χ1v) is 6.92. The number of nitrogens with zero attached hydrogens (tertiary/aromatic N) is 3. The Labute approximate surface area is 120 Å². The lowest BCUT2D eigenvalue weighted by Gasteiger charge is -2.07. The third-order valence-electron chi connectivity index (χ3n) is 3.47. The Morgan fingerprint density at radius 2 is 2.20 bits per heavy atom. The minimum absolute atomic E-state index is 0.113. The Morgan fingerprint density at radius 3 is 2.95 bits per heavy atom. The van der Waals surface area contributed by atoms with E-state index in [2.05, 4.69) is 4.98 Å². The first kappa shape index (κ1) is 13.2. The van der Waals surface area contributed by atoms with E-state index in [-0.39, 0.29) is 11.4 Å². The predicted octanol–water partition coefficient (Wildman–Crippen LogP) is 1.96. The number of aromatic nitrogens is 3. The lowest BCUT2D eigenvalue weighted by Crippen LogP contribution is -2.22. The fourth-order valence-electron chi connectivity index (χ4n) is 2.48. The van der Waals surface area contributed by atoms with Gasteiger partial charge in [0, 0.05) is 19.0 Å². The van der Waals surface area contributed by atoms with Crippen molar-refractivity contribution in [1.82, 2.24) is 14.1 Å². The SMILES string of the molecule is Cn1c2ccc(F)cc2c2ncn(CCC[S-])c(=O)c21. The number of fused-ring (bicyclic) bond motifs is 3. The van der Waals surface area contributed by atoms with Crippen LogP contribution in [0.4, 0.5) is 4.39 Å². The number of rotatable bonds is 3. The Morgan fingerprint density at radius 1 is 1.40 bits per heavy atom. The van der Waals surface area contributed by atoms with Crippen LogP contribution in [0.1, 0.15) is 6.42 Å². The van der Waals surface area contributed by atoms with E-state index in [4.69, 9.17) is 12.6 Å². The average Bonchev–Trinajstić information content (AvgIpc) is 2.71. The molecule has 0 aliphatic heterocycles. The molecular formula is C14H13FN3OS-. The third-order valence-corrected chi connectivity index (χ3v) is 3.76. The van der Waals surface area contributed by atoms with Gasteiger partial charge in [0.1, 0.15) is 16.9 Å². The van der Waals surface area contributed by atoms with Crippen LogP contribution < -0.4 is 5.56 Å². The summed E-state index contributed by atoms with van der Waals surface area (Å²) in [6, 6.07) is 4.47. The van der Waals surface area contributed by atoms with Gasteiger partial charge in [-0.2, -0.15) is 5.75 Å². The van der Waals surface area contributed by atoms with Crippen molar-refractivity contribution in [2.75, 3.05) is 5.75 Å². The summed E-state index contributed by atoms with van der Waals surface area (Å²) in [5, 5.41) is 0.662. The Balaban J connectivity index is 2.35. The van der Waals surface area contributed by atoms with E-state index in [1.807, 2.05) is 0 Å². The Bertz CT molecular complexity index is 853. The van der Waals surface area contributed by atoms with Gasteiger partial charge in [0.15, 0.2) is 0 Å². The summed E-state index contributed by atoms with van der Waals surface area (Å²) in [5.41, 5.74) is 1.73. The van der Waals surface area contributed by atoms with Gasteiger partial charge in [-0.25, -0.2) is 9.37 Å². The van der Waals surface area contributed by atoms with Gasteiger partial charge >= 0.3 is 0 Å². The molecule has 3 aromatic rings. The summed E-state index contributed by atoms with van der Waals surface area (Å²) in [5.74, 6) is 0.271. The average molecular weight is 290 g/mol. The zero-order chi connectivity index (χ0) is 14.3. The highest BCUT2D eigenvalue weighted by Gasteiger charge is 2.14. The van der Waals surface area contributed by atoms with Crippen LogP contribution in [0.5, 0.6) is 0 Å². The van der Waals surface area contributed by atoms with E-state index in [0.29, 0.717) is 28.7 Å². The Kier molecular flexibility index (Phi) is 3.25. The van der Waals surface area contributed by atoms with E-state index < -0.39 is 0 Å². The largest absolute Gasteiger partial charge is 0.793 e. The molecule has 0 spiro atoms. The fraction of sp³-hybridized carbons (Fsp3) is 0.286. The van der Waals surface area contributed by atoms with E-state index in [1.54, 1.807) is 22.2 Å². The first-order chi connectivity index (χ1) is 9.63. The van der Waals surface area contributed by atoms with Gasteiger partial charge in [0.05, 0.1) is 11.8 Å². The van der Waals surface area contributed by atoms with Crippen LogP contribution in [-0.2, 0) is 26.2 Å². The molecule has 2 heterocycles. The summed E-state index contributed by atoms with van der Waals surface area (Å²) < 4.78 is 16.7. The molecule has 104 valence electrons. The summed E-state index contributed by atoms with van der Waals surface area (Å²) in [6.07, 6.45) is 2.26. The van der Waals surface area contributed by atoms with Crippen molar-refractivity contribution in [2.45, 2.75) is 13.0 Å². The second kappa shape index (κ2) is 4.94. The molecule has 4 nitrogen and oxygen atoms in total. The van der Waals surface area contributed by atoms with E-state index in [9.17, 15) is 9.18 Å². The van der Waals surface area contributed by atoms with Crippen LogP contribution in [0.15, 0.2) is 29.3 Å². The maximum atomic E-state index is 13.4. The molecule has 0 saturated carbocycles. The summed E-state index contributed by atoms with van der Waals surface area (Å²) in [7, 11) is 1.79. The van der Waals surface area contributed by atoms with Gasteiger partial charge < -0.3 is 17.2 Å². The standard InChI is InChI=1S/C14H14FN3OS/c1-17-11-4-3-9(15)7-10(11)12-13(17)14(19)18(8-16-12)5-2-6-20/h3-4,7-8,20H,2,5-6H2,1H3/p-1. The van der Waals surface area contributed by atoms with Crippen LogP contribution >= 0.6 is 0 Å². The molecule has 0 saturated heterocycles. The molecule has 0 radical (unpaired) electrons. The van der Waals surface area contributed by atoms with Crippen LogP contribution in [0.25, 0.3) is 21.9 Å². The van der Waals surface area contributed by atoms with E-state index in [1.165, 1.54) is 18.5 Å². The lowest BCUT2D eigenvalue weighted by atomic mass is 10.2. The second-order valence-electron chi connectivity index (χ2n) is 4.72. The lowest BCUT2D eigenvalue weighted by molar-refractivity contribution is 0.629. The van der Waals surface area contributed by atoms with Crippen molar-refractivity contribution < 1.29 is 4.39 Å². The minimum Gasteiger partial charge on any atom is -0.793 e. The molecule has 0 atom stereocenters. The van der Waals surface area contributed by atoms with E-state index >= 15 is 0 Å². The predicted molar refractivity (Wildman–Crippen MR) is 79.3 cm³/mol. The number of hydrogen-bond donors (Lipinski definition) is 0. The molecule has 6 heteroatoms. The Hall–Kier alpha value is -1.82. The molecule has 0 amide bonds. The highest BCUT2D eigenvalue weighted by Crippen LogP contribution is 2.24. The highest BCUT2D eigenvalue weighted by atomic mass is 32.1. The molecule has 3 rings (SSSR count). The molecule has 0 aliphatic carbocycles. The molecule has 2 aromatic heterocycles. The van der Waals surface area contributed by atoms with Crippen molar-refractivity contribution in [3.8, 4) is 0 Å². The van der Waals surface area contributed by atoms with Gasteiger partial charge in [0.25, 0.3) is 5.56 Å². The van der Waals surface area contributed by atoms with Gasteiger partial charge in [-0.3, -0.25) is 9.36 Å². The first-order valence-electron chi connectivity index (χ1n) is 6.34. The second-order valence-corrected chi connectivity index (χ2v) is 5.13. The maximum absolute atomic E-state index is 13.4. The van der Waals surface area contributed by atoms with Crippen LogP contribution in [-0.4, -0.2) is 19.9 Å². The quantitative estimate of drug-likeness (QED) is 0.692. The monoisotopic (exact) mass is 290 g/mol. The zero-order valence-corrected chi connectivity index (χ0v) is 11.8. The molecule has 0 N–H and O–H groups in total. The minimum atomic E-state index is -0.331. The molecule has 0 unspecified atom stereocenters. The summed E-state index contributed by atoms with van der Waals surface area (Å²) in [6.45, 7) is 0.557. The van der Waals surface area contributed by atoms with Crippen LogP contribution in [0.3, 0.4) is 0 Å². The van der Waals surface area contributed by atoms with Gasteiger partial charge in [-0.1, -0.05) is 6.42 Å². The van der Waals surface area contributed by atoms with Crippen molar-refractivity contribution in [2.24, 2.45) is 7.05 Å². The van der Waals surface area contributed by atoms with Crippen molar-refractivity contribution in [3.05, 3.63) is 40.7 Å². The fourth-order valence-corrected chi connectivity index (χ4v) is 2.61. The molecular weight excluding hydrogens is 277 g/mol. The van der Waals surface area contributed by atoms with Crippen LogP contribution in [0.2, 0.25) is 0 Å². The zero-order valence-electron chi connectivity index (χ0n) is 11.0. The van der Waals surface area contributed by atoms with Crippen LogP contribution in [0, 0.1) is 5.82 Å². The van der Waals surface area contributed by atoms with Gasteiger partial charge in [-0.15, -0.1) is 0 Å². The van der Waals surface area contributed by atoms with Gasteiger partial charge in [-0.05, 0) is 18.2 Å². The molecule has 20 heavy (non-hydrogen) atoms. The summed E-state index contributed by atoms with van der Waals surface area (Å²) >= 11 is 4.90. The van der Waals surface area contributed by atoms with E-state index in [0.717, 1.165) is 11.9 Å². The van der Waals surface area contributed by atoms with Gasteiger partial charge in [0.2, 0.25) is 0 Å². The number of halogens is 1.